The zero-order chi connectivity index (χ0) is 10.1. The molecule has 2 rings (SSSR count). The molecule has 0 aliphatic carbocycles. The molecule has 0 saturated heterocycles. The third-order valence-corrected chi connectivity index (χ3v) is 2.90. The zero-order valence-electron chi connectivity index (χ0n) is 7.37. The first kappa shape index (κ1) is 9.55. The molecule has 14 heavy (non-hydrogen) atoms. The molecule has 0 aliphatic rings. The van der Waals surface area contributed by atoms with E-state index in [1.165, 1.54) is 0 Å². The van der Waals surface area contributed by atoms with E-state index in [1.807, 2.05) is 6.26 Å². The number of aromatic nitrogens is 2. The van der Waals surface area contributed by atoms with Crippen LogP contribution < -0.4 is 0 Å². The van der Waals surface area contributed by atoms with Gasteiger partial charge in [0.15, 0.2) is 0 Å². The molecule has 0 amide bonds. The van der Waals surface area contributed by atoms with Gasteiger partial charge in [0.05, 0.1) is 11.8 Å². The van der Waals surface area contributed by atoms with E-state index in [1.54, 1.807) is 30.2 Å². The highest BCUT2D eigenvalue weighted by Crippen LogP contribution is 2.26. The minimum absolute atomic E-state index is 0.447. The monoisotopic (exact) mass is 226 g/mol. The number of H-pyrrole nitrogens is 1. The number of imidazole rings is 1. The van der Waals surface area contributed by atoms with Crippen LogP contribution in [0.5, 0.6) is 0 Å². The van der Waals surface area contributed by atoms with Crippen molar-refractivity contribution >= 4 is 39.6 Å². The molecule has 0 fully saturated rings. The number of benzene rings is 1. The van der Waals surface area contributed by atoms with E-state index in [0.29, 0.717) is 5.56 Å². The van der Waals surface area contributed by atoms with E-state index in [9.17, 15) is 4.79 Å². The van der Waals surface area contributed by atoms with Gasteiger partial charge in [0.2, 0.25) is 0 Å². The van der Waals surface area contributed by atoms with Gasteiger partial charge in [-0.15, -0.1) is 11.8 Å². The molecule has 0 aliphatic heterocycles. The van der Waals surface area contributed by atoms with Crippen LogP contribution in [0.4, 0.5) is 0 Å². The molecule has 2 aromatic rings. The maximum Gasteiger partial charge on any atom is 0.252 e. The van der Waals surface area contributed by atoms with Crippen molar-refractivity contribution in [1.29, 1.82) is 0 Å². The second-order valence-electron chi connectivity index (χ2n) is 2.75. The number of fused-ring (bicyclic) bond motifs is 1. The summed E-state index contributed by atoms with van der Waals surface area (Å²) in [5, 5.41) is -0.447. The van der Waals surface area contributed by atoms with Gasteiger partial charge in [-0.05, 0) is 30.0 Å². The highest BCUT2D eigenvalue weighted by Gasteiger charge is 2.09. The number of halogens is 1. The summed E-state index contributed by atoms with van der Waals surface area (Å²) < 4.78 is 0. The van der Waals surface area contributed by atoms with Crippen molar-refractivity contribution in [3.05, 3.63) is 24.0 Å². The van der Waals surface area contributed by atoms with E-state index >= 15 is 0 Å². The Morgan fingerprint density at radius 1 is 1.57 bits per heavy atom. The Kier molecular flexibility index (Phi) is 2.48. The Labute approximate surface area is 89.9 Å². The van der Waals surface area contributed by atoms with Crippen LogP contribution in [0.1, 0.15) is 10.4 Å². The van der Waals surface area contributed by atoms with Crippen LogP contribution in [0.15, 0.2) is 23.4 Å². The lowest BCUT2D eigenvalue weighted by Gasteiger charge is -2.00. The second-order valence-corrected chi connectivity index (χ2v) is 3.94. The number of nitrogens with zero attached hydrogens (tertiary/aromatic N) is 1. The normalized spacial score (nSPS) is 10.7. The summed E-state index contributed by atoms with van der Waals surface area (Å²) >= 11 is 6.96. The Balaban J connectivity index is 2.73. The molecule has 1 aromatic carbocycles. The fraction of sp³-hybridized carbons (Fsp3) is 0.111. The summed E-state index contributed by atoms with van der Waals surface area (Å²) in [6.07, 6.45) is 3.54. The van der Waals surface area contributed by atoms with Gasteiger partial charge >= 0.3 is 0 Å². The van der Waals surface area contributed by atoms with Gasteiger partial charge in [-0.25, -0.2) is 4.98 Å². The number of hydrogen-bond donors (Lipinski definition) is 1. The third kappa shape index (κ3) is 1.51. The van der Waals surface area contributed by atoms with Crippen LogP contribution in [0.25, 0.3) is 11.0 Å². The van der Waals surface area contributed by atoms with Gasteiger partial charge in [-0.3, -0.25) is 4.79 Å². The lowest BCUT2D eigenvalue weighted by Crippen LogP contribution is -1.89. The second kappa shape index (κ2) is 3.63. The summed E-state index contributed by atoms with van der Waals surface area (Å²) in [7, 11) is 0. The molecule has 5 heteroatoms. The fourth-order valence-electron chi connectivity index (χ4n) is 1.29. The lowest BCUT2D eigenvalue weighted by molar-refractivity contribution is 0.108. The van der Waals surface area contributed by atoms with E-state index in [2.05, 4.69) is 9.97 Å². The van der Waals surface area contributed by atoms with Crippen molar-refractivity contribution in [3.8, 4) is 0 Å². The van der Waals surface area contributed by atoms with Crippen LogP contribution in [0.3, 0.4) is 0 Å². The fourth-order valence-corrected chi connectivity index (χ4v) is 2.00. The molecule has 0 spiro atoms. The molecule has 0 bridgehead atoms. The van der Waals surface area contributed by atoms with E-state index < -0.39 is 5.24 Å². The first-order valence-corrected chi connectivity index (χ1v) is 5.53. The van der Waals surface area contributed by atoms with Gasteiger partial charge in [0, 0.05) is 10.5 Å². The molecule has 0 atom stereocenters. The largest absolute Gasteiger partial charge is 0.345 e. The Bertz CT molecular complexity index is 495. The quantitative estimate of drug-likeness (QED) is 0.633. The molecule has 0 radical (unpaired) electrons. The van der Waals surface area contributed by atoms with Crippen LogP contribution in [0.2, 0.25) is 0 Å². The van der Waals surface area contributed by atoms with Crippen molar-refractivity contribution in [2.45, 2.75) is 4.90 Å². The Morgan fingerprint density at radius 3 is 3.00 bits per heavy atom. The lowest BCUT2D eigenvalue weighted by atomic mass is 10.2. The molecule has 1 heterocycles. The van der Waals surface area contributed by atoms with Crippen molar-refractivity contribution in [2.75, 3.05) is 6.26 Å². The summed E-state index contributed by atoms with van der Waals surface area (Å²) in [6.45, 7) is 0. The van der Waals surface area contributed by atoms with Crippen molar-refractivity contribution in [2.24, 2.45) is 0 Å². The van der Waals surface area contributed by atoms with Crippen LogP contribution in [0, 0.1) is 0 Å². The zero-order valence-corrected chi connectivity index (χ0v) is 8.95. The minimum Gasteiger partial charge on any atom is -0.345 e. The van der Waals surface area contributed by atoms with Gasteiger partial charge in [-0.1, -0.05) is 0 Å². The van der Waals surface area contributed by atoms with E-state index in [-0.39, 0.29) is 0 Å². The van der Waals surface area contributed by atoms with Crippen LogP contribution in [-0.2, 0) is 0 Å². The summed E-state index contributed by atoms with van der Waals surface area (Å²) in [4.78, 5) is 19.1. The Hall–Kier alpha value is -1.00. The van der Waals surface area contributed by atoms with Crippen LogP contribution in [-0.4, -0.2) is 21.5 Å². The summed E-state index contributed by atoms with van der Waals surface area (Å²) in [5.74, 6) is 0. The van der Waals surface area contributed by atoms with Crippen molar-refractivity contribution < 1.29 is 4.79 Å². The number of rotatable bonds is 2. The molecule has 0 saturated carbocycles. The SMILES string of the molecule is CSc1cc(C(=O)Cl)cc2[nH]cnc12. The van der Waals surface area contributed by atoms with Gasteiger partial charge in [0.25, 0.3) is 5.24 Å². The summed E-state index contributed by atoms with van der Waals surface area (Å²) in [5.41, 5.74) is 2.20. The highest BCUT2D eigenvalue weighted by molar-refractivity contribution is 7.98. The maximum atomic E-state index is 11.0. The number of carbonyl (C=O) groups excluding carboxylic acids is 1. The van der Waals surface area contributed by atoms with Crippen LogP contribution >= 0.6 is 23.4 Å². The average molecular weight is 227 g/mol. The number of nitrogens with one attached hydrogen (secondary N) is 1. The smallest absolute Gasteiger partial charge is 0.252 e. The molecular weight excluding hydrogens is 220 g/mol. The molecule has 1 aromatic heterocycles. The maximum absolute atomic E-state index is 11.0. The standard InChI is InChI=1S/C9H7ClN2OS/c1-14-7-3-5(9(10)13)2-6-8(7)12-4-11-6/h2-4H,1H3,(H,11,12). The predicted molar refractivity (Wildman–Crippen MR) is 58.1 cm³/mol. The van der Waals surface area contributed by atoms with Crippen molar-refractivity contribution in [3.63, 3.8) is 0 Å². The number of hydrogen-bond acceptors (Lipinski definition) is 3. The Morgan fingerprint density at radius 2 is 2.36 bits per heavy atom. The average Bonchev–Trinajstić information content (AvgIpc) is 2.63. The minimum atomic E-state index is -0.447. The summed E-state index contributed by atoms with van der Waals surface area (Å²) in [6, 6.07) is 3.46. The molecule has 1 N–H and O–H groups in total. The third-order valence-electron chi connectivity index (χ3n) is 1.94. The molecule has 72 valence electrons. The highest BCUT2D eigenvalue weighted by atomic mass is 35.5. The first-order chi connectivity index (χ1) is 6.72. The molecule has 0 unspecified atom stereocenters. The number of aromatic amines is 1. The first-order valence-electron chi connectivity index (χ1n) is 3.93. The number of carbonyl (C=O) groups is 1. The van der Waals surface area contributed by atoms with E-state index in [4.69, 9.17) is 11.6 Å². The van der Waals surface area contributed by atoms with Gasteiger partial charge in [-0.2, -0.15) is 0 Å². The van der Waals surface area contributed by atoms with Crippen molar-refractivity contribution in [1.82, 2.24) is 9.97 Å². The number of thioether (sulfide) groups is 1. The van der Waals surface area contributed by atoms with E-state index in [0.717, 1.165) is 15.9 Å². The molecule has 3 nitrogen and oxygen atoms in total. The topological polar surface area (TPSA) is 45.8 Å². The van der Waals surface area contributed by atoms with Gasteiger partial charge in [0.1, 0.15) is 5.52 Å². The van der Waals surface area contributed by atoms with Gasteiger partial charge < -0.3 is 4.98 Å². The molecular formula is C9H7ClN2OS. The predicted octanol–water partition coefficient (Wildman–Crippen LogP) is 2.66.